The number of hydrogen-bond acceptors (Lipinski definition) is 2. The van der Waals surface area contributed by atoms with Crippen molar-refractivity contribution in [2.75, 3.05) is 5.32 Å². The van der Waals surface area contributed by atoms with E-state index in [1.807, 2.05) is 0 Å². The average Bonchev–Trinajstić information content (AvgIpc) is 2.46. The first kappa shape index (κ1) is 14.9. The van der Waals surface area contributed by atoms with Crippen molar-refractivity contribution in [3.63, 3.8) is 0 Å². The monoisotopic (exact) mass is 295 g/mol. The van der Waals surface area contributed by atoms with Crippen molar-refractivity contribution in [3.8, 4) is 0 Å². The van der Waals surface area contributed by atoms with Gasteiger partial charge in [-0.3, -0.25) is 0 Å². The number of hydrogen-bond donors (Lipinski definition) is 2. The minimum Gasteiger partial charge on any atom is -0.478 e. The summed E-state index contributed by atoms with van der Waals surface area (Å²) < 4.78 is 38.7. The first-order valence-corrected chi connectivity index (χ1v) is 6.11. The second-order valence-electron chi connectivity index (χ2n) is 4.40. The van der Waals surface area contributed by atoms with Gasteiger partial charge in [-0.15, -0.1) is 0 Å². The topological polar surface area (TPSA) is 49.3 Å². The maximum atomic E-state index is 13.6. The summed E-state index contributed by atoms with van der Waals surface area (Å²) in [7, 11) is 0. The molecular weight excluding hydrogens is 283 g/mol. The molecule has 2 rings (SSSR count). The predicted molar refractivity (Wildman–Crippen MR) is 72.1 cm³/mol. The van der Waals surface area contributed by atoms with Crippen LogP contribution in [-0.4, -0.2) is 11.1 Å². The van der Waals surface area contributed by atoms with Crippen LogP contribution in [0.3, 0.4) is 0 Å². The van der Waals surface area contributed by atoms with E-state index in [0.717, 1.165) is 18.2 Å². The smallest absolute Gasteiger partial charge is 0.335 e. The molecule has 3 nitrogen and oxygen atoms in total. The van der Waals surface area contributed by atoms with Crippen molar-refractivity contribution < 1.29 is 23.1 Å². The van der Waals surface area contributed by atoms with E-state index in [1.165, 1.54) is 18.2 Å². The third kappa shape index (κ3) is 3.75. The van der Waals surface area contributed by atoms with Crippen molar-refractivity contribution in [2.24, 2.45) is 0 Å². The van der Waals surface area contributed by atoms with Gasteiger partial charge in [0.05, 0.1) is 11.3 Å². The van der Waals surface area contributed by atoms with E-state index in [1.54, 1.807) is 6.07 Å². The molecule has 0 aliphatic heterocycles. The van der Waals surface area contributed by atoms with E-state index in [4.69, 9.17) is 5.11 Å². The van der Waals surface area contributed by atoms with E-state index < -0.39 is 18.2 Å². The van der Waals surface area contributed by atoms with Crippen LogP contribution < -0.4 is 5.32 Å². The van der Waals surface area contributed by atoms with Crippen LogP contribution in [0, 0.1) is 5.82 Å². The summed E-state index contributed by atoms with van der Waals surface area (Å²) in [6.45, 7) is 0.112. The molecule has 0 unspecified atom stereocenters. The summed E-state index contributed by atoms with van der Waals surface area (Å²) >= 11 is 0. The molecule has 110 valence electrons. The number of carbonyl (C=O) groups is 1. The van der Waals surface area contributed by atoms with Crippen LogP contribution in [0.15, 0.2) is 42.5 Å². The number of alkyl halides is 2. The lowest BCUT2D eigenvalue weighted by Gasteiger charge is -2.09. The first-order chi connectivity index (χ1) is 9.97. The zero-order valence-electron chi connectivity index (χ0n) is 10.8. The number of aromatic carboxylic acids is 1. The van der Waals surface area contributed by atoms with Crippen molar-refractivity contribution in [1.82, 2.24) is 0 Å². The lowest BCUT2D eigenvalue weighted by Crippen LogP contribution is -2.04. The lowest BCUT2D eigenvalue weighted by atomic mass is 10.1. The lowest BCUT2D eigenvalue weighted by molar-refractivity contribution is 0.0697. The summed E-state index contributed by atoms with van der Waals surface area (Å²) in [6, 6.07) is 9.09. The zero-order chi connectivity index (χ0) is 15.4. The minimum absolute atomic E-state index is 0.0114. The van der Waals surface area contributed by atoms with Crippen molar-refractivity contribution in [2.45, 2.75) is 13.0 Å². The van der Waals surface area contributed by atoms with Crippen LogP contribution in [0.2, 0.25) is 0 Å². The standard InChI is InChI=1S/C15H12F3NO2/c16-12-5-4-11(15(20)21)7-13(12)19-8-9-2-1-3-10(6-9)14(17)18/h1-7,14,19H,8H2,(H,20,21). The molecular formula is C15H12F3NO2. The molecule has 0 radical (unpaired) electrons. The molecule has 2 N–H and O–H groups in total. The van der Waals surface area contributed by atoms with Gasteiger partial charge in [0.15, 0.2) is 0 Å². The Kier molecular flexibility index (Phi) is 4.47. The Morgan fingerprint density at radius 3 is 2.62 bits per heavy atom. The van der Waals surface area contributed by atoms with Gasteiger partial charge in [0.1, 0.15) is 5.82 Å². The van der Waals surface area contributed by atoms with E-state index in [0.29, 0.717) is 5.56 Å². The van der Waals surface area contributed by atoms with Crippen LogP contribution >= 0.6 is 0 Å². The molecule has 0 heterocycles. The van der Waals surface area contributed by atoms with Gasteiger partial charge in [0, 0.05) is 12.1 Å². The highest BCUT2D eigenvalue weighted by Gasteiger charge is 2.09. The second kappa shape index (κ2) is 6.30. The van der Waals surface area contributed by atoms with Crippen molar-refractivity contribution >= 4 is 11.7 Å². The van der Waals surface area contributed by atoms with Gasteiger partial charge in [-0.25, -0.2) is 18.0 Å². The quantitative estimate of drug-likeness (QED) is 0.874. The highest BCUT2D eigenvalue weighted by Crippen LogP contribution is 2.21. The molecule has 2 aromatic carbocycles. The largest absolute Gasteiger partial charge is 0.478 e. The Balaban J connectivity index is 2.14. The zero-order valence-corrected chi connectivity index (χ0v) is 10.8. The summed E-state index contributed by atoms with van der Waals surface area (Å²) in [5.41, 5.74) is 0.388. The predicted octanol–water partition coefficient (Wildman–Crippen LogP) is 4.07. The Labute approximate surface area is 119 Å². The van der Waals surface area contributed by atoms with E-state index in [9.17, 15) is 18.0 Å². The van der Waals surface area contributed by atoms with Gasteiger partial charge in [-0.2, -0.15) is 0 Å². The Morgan fingerprint density at radius 1 is 1.19 bits per heavy atom. The second-order valence-corrected chi connectivity index (χ2v) is 4.40. The van der Waals surface area contributed by atoms with Gasteiger partial charge >= 0.3 is 5.97 Å². The van der Waals surface area contributed by atoms with Gasteiger partial charge < -0.3 is 10.4 Å². The summed E-state index contributed by atoms with van der Waals surface area (Å²) in [6.07, 6.45) is -2.57. The number of halogens is 3. The van der Waals surface area contributed by atoms with Gasteiger partial charge in [0.25, 0.3) is 6.43 Å². The normalized spacial score (nSPS) is 10.7. The molecule has 0 saturated carbocycles. The van der Waals surface area contributed by atoms with Crippen LogP contribution in [0.5, 0.6) is 0 Å². The number of rotatable bonds is 5. The first-order valence-electron chi connectivity index (χ1n) is 6.11. The number of anilines is 1. The van der Waals surface area contributed by atoms with Crippen LogP contribution in [0.1, 0.15) is 27.9 Å². The highest BCUT2D eigenvalue weighted by atomic mass is 19.3. The van der Waals surface area contributed by atoms with Crippen LogP contribution in [0.4, 0.5) is 18.9 Å². The van der Waals surface area contributed by atoms with Crippen molar-refractivity contribution in [3.05, 3.63) is 65.0 Å². The molecule has 0 aliphatic rings. The molecule has 21 heavy (non-hydrogen) atoms. The fourth-order valence-corrected chi connectivity index (χ4v) is 1.83. The fraction of sp³-hybridized carbons (Fsp3) is 0.133. The molecule has 6 heteroatoms. The molecule has 0 amide bonds. The number of benzene rings is 2. The molecule has 0 atom stereocenters. The average molecular weight is 295 g/mol. The number of nitrogens with one attached hydrogen (secondary N) is 1. The van der Waals surface area contributed by atoms with Crippen LogP contribution in [-0.2, 0) is 6.54 Å². The number of carboxylic acids is 1. The maximum Gasteiger partial charge on any atom is 0.335 e. The van der Waals surface area contributed by atoms with Crippen LogP contribution in [0.25, 0.3) is 0 Å². The summed E-state index contributed by atoms with van der Waals surface area (Å²) in [4.78, 5) is 10.8. The molecule has 0 saturated heterocycles. The van der Waals surface area contributed by atoms with Gasteiger partial charge in [-0.1, -0.05) is 18.2 Å². The van der Waals surface area contributed by atoms with Gasteiger partial charge in [0.2, 0.25) is 0 Å². The molecule has 0 aliphatic carbocycles. The third-order valence-electron chi connectivity index (χ3n) is 2.90. The van der Waals surface area contributed by atoms with Gasteiger partial charge in [-0.05, 0) is 29.8 Å². The maximum absolute atomic E-state index is 13.6. The number of carboxylic acid groups (broad SMARTS) is 1. The van der Waals surface area contributed by atoms with E-state index in [2.05, 4.69) is 5.32 Å². The van der Waals surface area contributed by atoms with Crippen molar-refractivity contribution in [1.29, 1.82) is 0 Å². The molecule has 0 fully saturated rings. The molecule has 0 aromatic heterocycles. The molecule has 0 bridgehead atoms. The summed E-state index contributed by atoms with van der Waals surface area (Å²) in [5, 5.41) is 11.6. The molecule has 0 spiro atoms. The SMILES string of the molecule is O=C(O)c1ccc(F)c(NCc2cccc(C(F)F)c2)c1. The molecule has 2 aromatic rings. The Morgan fingerprint density at radius 2 is 1.95 bits per heavy atom. The summed E-state index contributed by atoms with van der Waals surface area (Å²) in [5.74, 6) is -1.78. The Bertz CT molecular complexity index is 659. The van der Waals surface area contributed by atoms with E-state index >= 15 is 0 Å². The van der Waals surface area contributed by atoms with E-state index in [-0.39, 0.29) is 23.4 Å². The minimum atomic E-state index is -2.57. The Hall–Kier alpha value is -2.50. The highest BCUT2D eigenvalue weighted by molar-refractivity contribution is 5.88. The fourth-order valence-electron chi connectivity index (χ4n) is 1.83. The third-order valence-corrected chi connectivity index (χ3v) is 2.90.